The van der Waals surface area contributed by atoms with Gasteiger partial charge in [0.05, 0.1) is 12.8 Å². The van der Waals surface area contributed by atoms with Gasteiger partial charge in [-0.05, 0) is 30.9 Å². The van der Waals surface area contributed by atoms with Crippen LogP contribution >= 0.6 is 0 Å². The molecule has 3 rings (SSSR count). The van der Waals surface area contributed by atoms with Crippen LogP contribution in [0.3, 0.4) is 0 Å². The van der Waals surface area contributed by atoms with Crippen LogP contribution in [0.25, 0.3) is 0 Å². The van der Waals surface area contributed by atoms with Crippen LogP contribution in [0, 0.1) is 6.92 Å². The third kappa shape index (κ3) is 2.82. The lowest BCUT2D eigenvalue weighted by Crippen LogP contribution is -2.46. The maximum absolute atomic E-state index is 12.6. The lowest BCUT2D eigenvalue weighted by Gasteiger charge is -2.27. The third-order valence-corrected chi connectivity index (χ3v) is 4.11. The number of aryl methyl sites for hydroxylation is 1. The third-order valence-electron chi connectivity index (χ3n) is 4.11. The monoisotopic (exact) mass is 286 g/mol. The second-order valence-corrected chi connectivity index (χ2v) is 5.77. The number of benzene rings is 1. The number of imide groups is 1. The summed E-state index contributed by atoms with van der Waals surface area (Å²) in [6, 6.07) is 7.23. The molecular weight excluding hydrogens is 268 g/mol. The van der Waals surface area contributed by atoms with E-state index >= 15 is 0 Å². The fourth-order valence-corrected chi connectivity index (χ4v) is 2.81. The molecule has 0 unspecified atom stereocenters. The molecule has 1 saturated carbocycles. The Morgan fingerprint density at radius 1 is 1.29 bits per heavy atom. The maximum Gasteiger partial charge on any atom is 0.249 e. The summed E-state index contributed by atoms with van der Waals surface area (Å²) in [5.41, 5.74) is 2.03. The maximum atomic E-state index is 12.6. The average molecular weight is 286 g/mol. The second kappa shape index (κ2) is 5.31. The molecule has 5 nitrogen and oxygen atoms in total. The van der Waals surface area contributed by atoms with Gasteiger partial charge in [-0.15, -0.1) is 0 Å². The summed E-state index contributed by atoms with van der Waals surface area (Å²) in [5.74, 6) is -0.703. The molecule has 1 atom stereocenters. The Kier molecular flexibility index (Phi) is 3.49. The number of nitrogens with one attached hydrogen (secondary N) is 1. The van der Waals surface area contributed by atoms with Crippen molar-refractivity contribution in [3.05, 3.63) is 35.4 Å². The molecular formula is C16H18N2O3. The number of hydrogen-bond acceptors (Lipinski definition) is 3. The van der Waals surface area contributed by atoms with Crippen molar-refractivity contribution in [2.45, 2.75) is 44.7 Å². The first-order valence-corrected chi connectivity index (χ1v) is 7.25. The predicted molar refractivity (Wildman–Crippen MR) is 76.3 cm³/mol. The molecule has 1 aromatic carbocycles. The van der Waals surface area contributed by atoms with Gasteiger partial charge in [-0.3, -0.25) is 19.7 Å². The van der Waals surface area contributed by atoms with Gasteiger partial charge < -0.3 is 4.90 Å². The van der Waals surface area contributed by atoms with E-state index in [1.165, 1.54) is 0 Å². The molecule has 1 heterocycles. The highest BCUT2D eigenvalue weighted by Crippen LogP contribution is 2.31. The van der Waals surface area contributed by atoms with Crippen molar-refractivity contribution in [2.24, 2.45) is 0 Å². The van der Waals surface area contributed by atoms with Crippen molar-refractivity contribution in [2.75, 3.05) is 0 Å². The minimum atomic E-state index is -0.624. The number of carbonyl (C=O) groups excluding carboxylic acids is 3. The highest BCUT2D eigenvalue weighted by molar-refractivity contribution is 6.07. The van der Waals surface area contributed by atoms with Gasteiger partial charge in [-0.2, -0.15) is 0 Å². The highest BCUT2D eigenvalue weighted by atomic mass is 16.2. The molecule has 1 saturated heterocycles. The predicted octanol–water partition coefficient (Wildman–Crippen LogP) is 0.944. The van der Waals surface area contributed by atoms with Crippen LogP contribution in [0.5, 0.6) is 0 Å². The van der Waals surface area contributed by atoms with Crippen LogP contribution in [0.1, 0.15) is 30.4 Å². The van der Waals surface area contributed by atoms with Gasteiger partial charge in [-0.25, -0.2) is 0 Å². The van der Waals surface area contributed by atoms with Crippen LogP contribution < -0.4 is 5.32 Å². The summed E-state index contributed by atoms with van der Waals surface area (Å²) in [5, 5.41) is 2.29. The lowest BCUT2D eigenvalue weighted by molar-refractivity contribution is -0.139. The Bertz CT molecular complexity index is 607. The van der Waals surface area contributed by atoms with Gasteiger partial charge >= 0.3 is 0 Å². The van der Waals surface area contributed by atoms with Crippen molar-refractivity contribution in [3.8, 4) is 0 Å². The smallest absolute Gasteiger partial charge is 0.249 e. The van der Waals surface area contributed by atoms with Gasteiger partial charge in [0.25, 0.3) is 0 Å². The van der Waals surface area contributed by atoms with E-state index in [2.05, 4.69) is 5.32 Å². The fourth-order valence-electron chi connectivity index (χ4n) is 2.81. The molecule has 21 heavy (non-hydrogen) atoms. The van der Waals surface area contributed by atoms with E-state index in [1.54, 1.807) is 4.90 Å². The molecule has 110 valence electrons. The van der Waals surface area contributed by atoms with Gasteiger partial charge in [0.15, 0.2) is 0 Å². The molecule has 0 bridgehead atoms. The number of rotatable bonds is 4. The van der Waals surface area contributed by atoms with E-state index in [9.17, 15) is 14.4 Å². The topological polar surface area (TPSA) is 66.5 Å². The van der Waals surface area contributed by atoms with Crippen molar-refractivity contribution in [1.82, 2.24) is 10.2 Å². The largest absolute Gasteiger partial charge is 0.327 e. The molecule has 1 N–H and O–H groups in total. The molecule has 2 fully saturated rings. The molecule has 0 aromatic heterocycles. The minimum Gasteiger partial charge on any atom is -0.327 e. The molecule has 0 spiro atoms. The first-order valence-electron chi connectivity index (χ1n) is 7.25. The van der Waals surface area contributed by atoms with Gasteiger partial charge in [0.2, 0.25) is 17.7 Å². The fraction of sp³-hybridized carbons (Fsp3) is 0.438. The van der Waals surface area contributed by atoms with Crippen molar-refractivity contribution < 1.29 is 14.4 Å². The summed E-state index contributed by atoms with van der Waals surface area (Å²) >= 11 is 0. The molecule has 0 radical (unpaired) electrons. The molecule has 5 heteroatoms. The van der Waals surface area contributed by atoms with Gasteiger partial charge in [0, 0.05) is 6.04 Å². The van der Waals surface area contributed by atoms with Crippen LogP contribution in [-0.4, -0.2) is 34.7 Å². The van der Waals surface area contributed by atoms with E-state index < -0.39 is 6.04 Å². The second-order valence-electron chi connectivity index (χ2n) is 5.77. The first-order chi connectivity index (χ1) is 10.1. The van der Waals surface area contributed by atoms with Crippen molar-refractivity contribution >= 4 is 17.7 Å². The normalized spacial score (nSPS) is 21.3. The van der Waals surface area contributed by atoms with E-state index in [1.807, 2.05) is 31.2 Å². The minimum absolute atomic E-state index is 0.0679. The lowest BCUT2D eigenvalue weighted by atomic mass is 10.0. The molecule has 3 amide bonds. The van der Waals surface area contributed by atoms with E-state index in [4.69, 9.17) is 0 Å². The average Bonchev–Trinajstić information content (AvgIpc) is 3.19. The Balaban J connectivity index is 1.78. The van der Waals surface area contributed by atoms with Crippen LogP contribution in [0.2, 0.25) is 0 Å². The Hall–Kier alpha value is -2.17. The molecule has 1 aliphatic carbocycles. The summed E-state index contributed by atoms with van der Waals surface area (Å²) < 4.78 is 0. The summed E-state index contributed by atoms with van der Waals surface area (Å²) in [4.78, 5) is 37.5. The summed E-state index contributed by atoms with van der Waals surface area (Å²) in [6.45, 7) is 1.97. The SMILES string of the molecule is Cc1ccccc1CC(=O)N(C1CC1)[C@@H]1CC(=O)NC1=O. The molecule has 1 aliphatic heterocycles. The zero-order valence-corrected chi connectivity index (χ0v) is 12.0. The Morgan fingerprint density at radius 3 is 2.57 bits per heavy atom. The highest BCUT2D eigenvalue weighted by Gasteiger charge is 2.44. The van der Waals surface area contributed by atoms with Crippen LogP contribution in [0.15, 0.2) is 24.3 Å². The van der Waals surface area contributed by atoms with E-state index in [-0.39, 0.29) is 36.6 Å². The van der Waals surface area contributed by atoms with Crippen LogP contribution in [-0.2, 0) is 20.8 Å². The number of amides is 3. The summed E-state index contributed by atoms with van der Waals surface area (Å²) in [6.07, 6.45) is 2.20. The zero-order chi connectivity index (χ0) is 15.0. The van der Waals surface area contributed by atoms with E-state index in [0.717, 1.165) is 24.0 Å². The number of carbonyl (C=O) groups is 3. The Morgan fingerprint density at radius 2 is 2.00 bits per heavy atom. The molecule has 2 aliphatic rings. The number of hydrogen-bond donors (Lipinski definition) is 1. The van der Waals surface area contributed by atoms with Crippen LogP contribution in [0.4, 0.5) is 0 Å². The Labute approximate surface area is 123 Å². The standard InChI is InChI=1S/C16H18N2O3/c1-10-4-2-3-5-11(10)8-15(20)18(12-6-7-12)13-9-14(19)17-16(13)21/h2-5,12-13H,6-9H2,1H3,(H,17,19,21)/t13-/m1/s1. The van der Waals surface area contributed by atoms with Crippen molar-refractivity contribution in [3.63, 3.8) is 0 Å². The molecule has 1 aromatic rings. The van der Waals surface area contributed by atoms with E-state index in [0.29, 0.717) is 0 Å². The van der Waals surface area contributed by atoms with Gasteiger partial charge in [-0.1, -0.05) is 24.3 Å². The van der Waals surface area contributed by atoms with Crippen molar-refractivity contribution in [1.29, 1.82) is 0 Å². The quantitative estimate of drug-likeness (QED) is 0.838. The number of nitrogens with zero attached hydrogens (tertiary/aromatic N) is 1. The summed E-state index contributed by atoms with van der Waals surface area (Å²) in [7, 11) is 0. The zero-order valence-electron chi connectivity index (χ0n) is 12.0. The van der Waals surface area contributed by atoms with Gasteiger partial charge in [0.1, 0.15) is 6.04 Å². The first kappa shape index (κ1) is 13.8.